The summed E-state index contributed by atoms with van der Waals surface area (Å²) in [5, 5.41) is 25.0. The van der Waals surface area contributed by atoms with E-state index in [1.54, 1.807) is 6.92 Å². The molecule has 70 heavy (non-hydrogen) atoms. The van der Waals surface area contributed by atoms with Crippen molar-refractivity contribution in [1.82, 2.24) is 5.32 Å². The first kappa shape index (κ1) is 63.0. The molecule has 1 amide bonds. The van der Waals surface area contributed by atoms with Gasteiger partial charge in [0, 0.05) is 46.6 Å². The minimum absolute atomic E-state index is 0. The van der Waals surface area contributed by atoms with Gasteiger partial charge in [-0.1, -0.05) is 47.3 Å². The van der Waals surface area contributed by atoms with Crippen LogP contribution in [0.15, 0.2) is 12.2 Å². The topological polar surface area (TPSA) is 214 Å². The van der Waals surface area contributed by atoms with Gasteiger partial charge in [-0.15, -0.1) is 24.0 Å². The predicted octanol–water partition coefficient (Wildman–Crippen LogP) is 0.682. The molecule has 0 bridgehead atoms. The number of methoxy groups -OCH3 is 1. The molecule has 2 unspecified atom stereocenters. The van der Waals surface area contributed by atoms with Crippen LogP contribution in [0.1, 0.15) is 108 Å². The molecule has 18 nitrogen and oxygen atoms in total. The number of nitrogens with one attached hydrogen (secondary N) is 1. The molecule has 0 aromatic heterocycles. The van der Waals surface area contributed by atoms with Crippen LogP contribution in [0.25, 0.3) is 0 Å². The fraction of sp³-hybridized carbons (Fsp3) is 0.898. The Kier molecular flexibility index (Phi) is 25.3. The molecule has 3 radical (unpaired) electrons. The third kappa shape index (κ3) is 14.5. The van der Waals surface area contributed by atoms with E-state index in [-0.39, 0.29) is 209 Å². The molecule has 3 N–H and O–H groups in total. The van der Waals surface area contributed by atoms with Gasteiger partial charge in [-0.25, -0.2) is 0 Å². The van der Waals surface area contributed by atoms with Crippen molar-refractivity contribution < 1.29 is 134 Å². The van der Waals surface area contributed by atoms with Crippen LogP contribution in [0.5, 0.6) is 0 Å². The number of aliphatic hydroxyl groups is 2. The van der Waals surface area contributed by atoms with Gasteiger partial charge in [-0.2, -0.15) is 0 Å². The number of hydrogen-bond acceptors (Lipinski definition) is 17. The Hall–Kier alpha value is 0.421. The van der Waals surface area contributed by atoms with E-state index in [9.17, 15) is 24.6 Å². The number of Topliss-reactive ketones (excluding diaryl/α,β-unsaturated/α-hetero) is 2. The number of halogens is 1. The van der Waals surface area contributed by atoms with Crippen LogP contribution in [0.3, 0.4) is 0 Å². The van der Waals surface area contributed by atoms with Gasteiger partial charge in [0.2, 0.25) is 5.91 Å². The number of fused-ring (bicyclic) bond motifs is 6. The maximum atomic E-state index is 12.2. The van der Waals surface area contributed by atoms with Crippen LogP contribution in [0.2, 0.25) is 0 Å². The molecule has 395 valence electrons. The Morgan fingerprint density at radius 2 is 1.43 bits per heavy atom. The molecule has 8 saturated heterocycles. The van der Waals surface area contributed by atoms with Crippen molar-refractivity contribution >= 4 is 49.9 Å². The summed E-state index contributed by atoms with van der Waals surface area (Å²) in [7, 11) is 1.52. The molecule has 21 heteroatoms. The number of ketones is 2. The van der Waals surface area contributed by atoms with Crippen molar-refractivity contribution in [2.75, 3.05) is 40.3 Å². The number of hydrogen-bond donors (Lipinski definition) is 3. The third-order valence-electron chi connectivity index (χ3n) is 15.4. The molecule has 9 heterocycles. The van der Waals surface area contributed by atoms with Crippen molar-refractivity contribution in [2.45, 2.75) is 216 Å². The predicted molar refractivity (Wildman–Crippen MR) is 261 cm³/mol. The minimum atomic E-state index is -0.866. The SMILES string of the molecule is C.CC(=O)C[C@@H]1OCC2O[C@@H]3C[C@@H]4O[C@@H]5[C@@H](C)[C@H](C)C6(CCCO6)O[C@H]5[C@@H](O)[C@H](C)[C@H]4O[C@H]3C[C@@H](C)C[C@H]2O1.COCO[C@H]1C[C@H]2O[C@H]3CC=CCO[C@@H]3[C@@H](O)[C@@H]2O[C@@H]1CC(=O)NCC(C)=O.I.[B].[H-].[K+]. The Balaban J connectivity index is 0.000000365. The summed E-state index contributed by atoms with van der Waals surface area (Å²) in [6.45, 7) is 13.2. The first-order chi connectivity index (χ1) is 31.6. The van der Waals surface area contributed by atoms with E-state index in [0.717, 1.165) is 25.7 Å². The van der Waals surface area contributed by atoms with Crippen LogP contribution in [-0.2, 0) is 71.2 Å². The maximum Gasteiger partial charge on any atom is 1.00 e. The van der Waals surface area contributed by atoms with Crippen LogP contribution < -0.4 is 56.7 Å². The Bertz CT molecular complexity index is 1710. The van der Waals surface area contributed by atoms with Crippen LogP contribution in [0, 0.1) is 23.7 Å². The van der Waals surface area contributed by atoms with E-state index in [1.807, 2.05) is 12.2 Å². The summed E-state index contributed by atoms with van der Waals surface area (Å²) in [6, 6.07) is 0. The van der Waals surface area contributed by atoms with Gasteiger partial charge >= 0.3 is 51.4 Å². The van der Waals surface area contributed by atoms with E-state index in [0.29, 0.717) is 45.0 Å². The number of carbonyl (C=O) groups excluding carboxylic acids is 3. The largest absolute Gasteiger partial charge is 1.00 e. The normalized spacial score (nSPS) is 44.8. The molecule has 22 atom stereocenters. The summed E-state index contributed by atoms with van der Waals surface area (Å²) in [5.74, 6) is -0.523. The van der Waals surface area contributed by atoms with Gasteiger partial charge < -0.3 is 73.8 Å². The Morgan fingerprint density at radius 1 is 0.743 bits per heavy atom. The summed E-state index contributed by atoms with van der Waals surface area (Å²) in [4.78, 5) is 34.9. The van der Waals surface area contributed by atoms with Gasteiger partial charge in [0.05, 0.1) is 106 Å². The second-order valence-corrected chi connectivity index (χ2v) is 20.4. The van der Waals surface area contributed by atoms with E-state index in [1.165, 1.54) is 14.0 Å². The van der Waals surface area contributed by atoms with Gasteiger partial charge in [-0.3, -0.25) is 14.4 Å². The van der Waals surface area contributed by atoms with Crippen molar-refractivity contribution in [1.29, 1.82) is 0 Å². The van der Waals surface area contributed by atoms with Crippen molar-refractivity contribution in [2.24, 2.45) is 23.7 Å². The third-order valence-corrected chi connectivity index (χ3v) is 15.4. The number of ether oxygens (including phenoxy) is 12. The fourth-order valence-electron chi connectivity index (χ4n) is 11.8. The van der Waals surface area contributed by atoms with E-state index in [2.05, 4.69) is 33.0 Å². The van der Waals surface area contributed by atoms with Crippen molar-refractivity contribution in [3.63, 3.8) is 0 Å². The number of aliphatic hydroxyl groups excluding tert-OH is 2. The molecule has 0 saturated carbocycles. The molecular weight excluding hydrogens is 1050 g/mol. The van der Waals surface area contributed by atoms with E-state index < -0.39 is 54.8 Å². The average Bonchev–Trinajstić information content (AvgIpc) is 3.58. The molecule has 8 fully saturated rings. The zero-order valence-corrected chi connectivity index (χ0v) is 47.1. The average molecular weight is 1130 g/mol. The second kappa shape index (κ2) is 28.2. The van der Waals surface area contributed by atoms with Gasteiger partial charge in [-0.05, 0) is 51.4 Å². The Morgan fingerprint density at radius 3 is 2.11 bits per heavy atom. The van der Waals surface area contributed by atoms with Crippen LogP contribution >= 0.6 is 24.0 Å². The second-order valence-electron chi connectivity index (χ2n) is 20.4. The quantitative estimate of drug-likeness (QED) is 0.125. The first-order valence-corrected chi connectivity index (χ1v) is 24.5. The fourth-order valence-corrected chi connectivity index (χ4v) is 11.8. The molecule has 9 aliphatic rings. The molecule has 0 aromatic carbocycles. The first-order valence-electron chi connectivity index (χ1n) is 24.5. The van der Waals surface area contributed by atoms with Crippen LogP contribution in [0.4, 0.5) is 0 Å². The van der Waals surface area contributed by atoms with Crippen molar-refractivity contribution in [3.8, 4) is 0 Å². The molecule has 0 aliphatic carbocycles. The maximum absolute atomic E-state index is 12.2. The summed E-state index contributed by atoms with van der Waals surface area (Å²) in [6.07, 6.45) is 2.88. The summed E-state index contributed by atoms with van der Waals surface area (Å²) >= 11 is 0. The number of amides is 1. The molecule has 0 aromatic rings. The van der Waals surface area contributed by atoms with E-state index >= 15 is 0 Å². The van der Waals surface area contributed by atoms with E-state index in [4.69, 9.17) is 56.8 Å². The smallest absolute Gasteiger partial charge is 1.00 e. The summed E-state index contributed by atoms with van der Waals surface area (Å²) in [5.41, 5.74) is 0. The standard InChI is InChI=1S/C29H46O9.C19H29NO8.CH4.B.HI.K.H/c1-14-9-19-21(34-23-13-32-24(11-15(2)30)35-20(23)10-14)12-22-26(36-19)17(4)25(31)28-27(37-22)16(3)18(5)29(38-28)7-6-8-33-29;1-11(21)9-20-16(22)8-14-13(26-10-24-2)7-15-19(28-14)17(23)18-12(27-15)5-3-4-6-25-18;;;;;/h14,16-28,31H,6-13H2,1-5H3;3-4,12-15,17-19,23H,5-10H2,1-2H3,(H,20,22);1H4;;1H;;/q;;;;;+1;-1/t14-,16+,17+,18+,19+,20-,21-,22+,23?,24-,25+,26-,27-,28+,29?;12-,13-,14+,15+,17+,18-,19+;;;;;/m10...../s1. The van der Waals surface area contributed by atoms with Gasteiger partial charge in [0.25, 0.3) is 0 Å². The number of carbonyl (C=O) groups is 3. The summed E-state index contributed by atoms with van der Waals surface area (Å²) < 4.78 is 73.8. The zero-order valence-electron chi connectivity index (χ0n) is 42.7. The zero-order chi connectivity index (χ0) is 46.9. The van der Waals surface area contributed by atoms with Gasteiger partial charge in [0.15, 0.2) is 12.1 Å². The number of rotatable bonds is 9. The van der Waals surface area contributed by atoms with Gasteiger partial charge in [0.1, 0.15) is 48.9 Å². The van der Waals surface area contributed by atoms with Crippen molar-refractivity contribution in [3.05, 3.63) is 12.2 Å². The molecule has 1 spiro atoms. The molecule has 9 aliphatic heterocycles. The molecular formula is C49H81BIKNO17. The molecule has 9 rings (SSSR count). The minimum Gasteiger partial charge on any atom is -1.00 e. The Labute approximate surface area is 477 Å². The van der Waals surface area contributed by atoms with Crippen LogP contribution in [-0.4, -0.2) is 186 Å². The monoisotopic (exact) mass is 1130 g/mol.